The van der Waals surface area contributed by atoms with Gasteiger partial charge in [-0.3, -0.25) is 0 Å². The molecule has 0 N–H and O–H groups in total. The SMILES string of the molecule is C1=Cc2c(n(-c3ccc(-c4ccccc4)cc3)c3ccc(-c4ccc5c(c4)c4ccccc4n5-c4cccc5c4oc4ccccc45)cc23)CC1. The summed E-state index contributed by atoms with van der Waals surface area (Å²) in [5.74, 6) is 0. The van der Waals surface area contributed by atoms with Gasteiger partial charge >= 0.3 is 0 Å². The van der Waals surface area contributed by atoms with Crippen LogP contribution in [0.3, 0.4) is 0 Å². The van der Waals surface area contributed by atoms with Crippen LogP contribution in [0.2, 0.25) is 0 Å². The normalized spacial score (nSPS) is 12.9. The van der Waals surface area contributed by atoms with Gasteiger partial charge in [0.2, 0.25) is 0 Å². The third-order valence-corrected chi connectivity index (χ3v) is 10.8. The van der Waals surface area contributed by atoms with Gasteiger partial charge in [0.15, 0.2) is 5.58 Å². The summed E-state index contributed by atoms with van der Waals surface area (Å²) in [6.07, 6.45) is 6.73. The van der Waals surface area contributed by atoms with Crippen LogP contribution in [0.1, 0.15) is 17.7 Å². The van der Waals surface area contributed by atoms with E-state index in [-0.39, 0.29) is 0 Å². The van der Waals surface area contributed by atoms with Crippen LogP contribution < -0.4 is 0 Å². The van der Waals surface area contributed by atoms with Gasteiger partial charge in [-0.2, -0.15) is 0 Å². The zero-order valence-electron chi connectivity index (χ0n) is 27.9. The number of benzene rings is 7. The maximum atomic E-state index is 6.52. The third kappa shape index (κ3) is 4.25. The van der Waals surface area contributed by atoms with Gasteiger partial charge < -0.3 is 13.6 Å². The van der Waals surface area contributed by atoms with Gasteiger partial charge in [-0.25, -0.2) is 0 Å². The Morgan fingerprint density at radius 1 is 0.451 bits per heavy atom. The molecule has 7 aromatic carbocycles. The Bertz CT molecular complexity index is 3010. The lowest BCUT2D eigenvalue weighted by Crippen LogP contribution is -2.02. The first-order valence-electron chi connectivity index (χ1n) is 17.7. The molecule has 0 aliphatic heterocycles. The lowest BCUT2D eigenvalue weighted by molar-refractivity contribution is 0.666. The van der Waals surface area contributed by atoms with E-state index in [2.05, 4.69) is 173 Å². The van der Waals surface area contributed by atoms with Crippen LogP contribution in [0, 0.1) is 0 Å². The number of nitrogens with zero attached hydrogens (tertiary/aromatic N) is 2. The van der Waals surface area contributed by atoms with Crippen LogP contribution in [0.25, 0.3) is 94.4 Å². The Labute approximate surface area is 294 Å². The molecule has 240 valence electrons. The molecule has 0 saturated heterocycles. The minimum Gasteiger partial charge on any atom is -0.454 e. The zero-order chi connectivity index (χ0) is 33.5. The molecular formula is C48H32N2O. The summed E-state index contributed by atoms with van der Waals surface area (Å²) in [5.41, 5.74) is 15.3. The molecule has 0 radical (unpaired) electrons. The lowest BCUT2D eigenvalue weighted by atomic mass is 9.98. The van der Waals surface area contributed by atoms with E-state index in [4.69, 9.17) is 4.42 Å². The molecule has 0 fully saturated rings. The van der Waals surface area contributed by atoms with Crippen molar-refractivity contribution in [3.63, 3.8) is 0 Å². The first-order chi connectivity index (χ1) is 25.3. The number of furan rings is 1. The van der Waals surface area contributed by atoms with E-state index in [9.17, 15) is 0 Å². The molecule has 0 saturated carbocycles. The Morgan fingerprint density at radius 2 is 1.10 bits per heavy atom. The number of hydrogen-bond acceptors (Lipinski definition) is 1. The van der Waals surface area contributed by atoms with Gasteiger partial charge in [0.1, 0.15) is 5.58 Å². The average molecular weight is 653 g/mol. The molecule has 0 unspecified atom stereocenters. The standard InChI is InChI=1S/C48H32N2O/c1-2-11-31(12-3-1)32-21-25-35(26-22-32)49-42-17-7-4-13-36(42)40-29-33(23-27-44(40)49)34-24-28-45-41(30-34)37-14-5-8-18-43(37)50(45)46-19-10-16-39-38-15-6-9-20-47(38)51-48(39)46/h1-6,8-16,18-30H,7,17H2. The molecule has 3 aromatic heterocycles. The summed E-state index contributed by atoms with van der Waals surface area (Å²) in [4.78, 5) is 0. The van der Waals surface area contributed by atoms with Crippen molar-refractivity contribution < 1.29 is 4.42 Å². The molecule has 3 heterocycles. The summed E-state index contributed by atoms with van der Waals surface area (Å²) in [5, 5.41) is 6.03. The Kier molecular flexibility index (Phi) is 6.08. The molecule has 1 aliphatic rings. The summed E-state index contributed by atoms with van der Waals surface area (Å²) in [6.45, 7) is 0. The van der Waals surface area contributed by atoms with Crippen molar-refractivity contribution in [3.05, 3.63) is 175 Å². The zero-order valence-corrected chi connectivity index (χ0v) is 27.9. The molecule has 0 spiro atoms. The van der Waals surface area contributed by atoms with Gasteiger partial charge in [-0.15, -0.1) is 0 Å². The molecule has 10 aromatic rings. The fourth-order valence-electron chi connectivity index (χ4n) is 8.45. The molecule has 3 nitrogen and oxygen atoms in total. The predicted octanol–water partition coefficient (Wildman–Crippen LogP) is 12.9. The maximum absolute atomic E-state index is 6.52. The molecule has 51 heavy (non-hydrogen) atoms. The third-order valence-electron chi connectivity index (χ3n) is 10.8. The summed E-state index contributed by atoms with van der Waals surface area (Å²) in [7, 11) is 0. The summed E-state index contributed by atoms with van der Waals surface area (Å²) in [6, 6.07) is 57.1. The second-order valence-electron chi connectivity index (χ2n) is 13.6. The van der Waals surface area contributed by atoms with Crippen molar-refractivity contribution >= 4 is 60.7 Å². The summed E-state index contributed by atoms with van der Waals surface area (Å²) >= 11 is 0. The van der Waals surface area contributed by atoms with Crippen LogP contribution in [0.4, 0.5) is 0 Å². The monoisotopic (exact) mass is 652 g/mol. The van der Waals surface area contributed by atoms with Crippen LogP contribution in [-0.4, -0.2) is 9.13 Å². The molecule has 0 amide bonds. The van der Waals surface area contributed by atoms with E-state index in [0.29, 0.717) is 0 Å². The van der Waals surface area contributed by atoms with E-state index in [1.54, 1.807) is 0 Å². The Hall–Kier alpha value is -6.58. The molecular weight excluding hydrogens is 621 g/mol. The smallest absolute Gasteiger partial charge is 0.159 e. The molecule has 1 aliphatic carbocycles. The highest BCUT2D eigenvalue weighted by atomic mass is 16.3. The average Bonchev–Trinajstić information content (AvgIpc) is 3.86. The highest BCUT2D eigenvalue weighted by molar-refractivity contribution is 6.13. The van der Waals surface area contributed by atoms with Gasteiger partial charge in [0, 0.05) is 43.9 Å². The number of hydrogen-bond donors (Lipinski definition) is 0. The highest BCUT2D eigenvalue weighted by Gasteiger charge is 2.21. The van der Waals surface area contributed by atoms with Crippen LogP contribution in [-0.2, 0) is 6.42 Å². The van der Waals surface area contributed by atoms with E-state index in [1.807, 2.05) is 6.07 Å². The number of rotatable bonds is 4. The maximum Gasteiger partial charge on any atom is 0.159 e. The molecule has 0 bridgehead atoms. The second kappa shape index (κ2) is 11.0. The number of allylic oxidation sites excluding steroid dienone is 1. The van der Waals surface area contributed by atoms with Crippen molar-refractivity contribution in [2.75, 3.05) is 0 Å². The van der Waals surface area contributed by atoms with Crippen molar-refractivity contribution in [1.29, 1.82) is 0 Å². The molecule has 0 atom stereocenters. The van der Waals surface area contributed by atoms with Gasteiger partial charge in [0.25, 0.3) is 0 Å². The Balaban J connectivity index is 1.06. The number of fused-ring (bicyclic) bond motifs is 9. The van der Waals surface area contributed by atoms with Crippen LogP contribution in [0.15, 0.2) is 168 Å². The van der Waals surface area contributed by atoms with Crippen molar-refractivity contribution in [1.82, 2.24) is 9.13 Å². The van der Waals surface area contributed by atoms with E-state index < -0.39 is 0 Å². The first-order valence-corrected chi connectivity index (χ1v) is 17.7. The highest BCUT2D eigenvalue weighted by Crippen LogP contribution is 2.41. The lowest BCUT2D eigenvalue weighted by Gasteiger charge is -2.14. The fraction of sp³-hybridized carbons (Fsp3) is 0.0417. The minimum atomic E-state index is 0.910. The molecule has 3 heteroatoms. The van der Waals surface area contributed by atoms with Gasteiger partial charge in [-0.05, 0) is 89.7 Å². The number of para-hydroxylation sites is 3. The van der Waals surface area contributed by atoms with Gasteiger partial charge in [0.05, 0.1) is 22.2 Å². The molecule has 11 rings (SSSR count). The van der Waals surface area contributed by atoms with Crippen LogP contribution in [0.5, 0.6) is 0 Å². The quantitative estimate of drug-likeness (QED) is 0.186. The largest absolute Gasteiger partial charge is 0.454 e. The van der Waals surface area contributed by atoms with E-state index >= 15 is 0 Å². The predicted molar refractivity (Wildman–Crippen MR) is 213 cm³/mol. The van der Waals surface area contributed by atoms with Crippen molar-refractivity contribution in [3.8, 4) is 33.6 Å². The first kappa shape index (κ1) is 28.3. The van der Waals surface area contributed by atoms with Crippen LogP contribution >= 0.6 is 0 Å². The minimum absolute atomic E-state index is 0.910. The number of aromatic nitrogens is 2. The summed E-state index contributed by atoms with van der Waals surface area (Å²) < 4.78 is 11.4. The van der Waals surface area contributed by atoms with Crippen molar-refractivity contribution in [2.24, 2.45) is 0 Å². The topological polar surface area (TPSA) is 23.0 Å². The second-order valence-corrected chi connectivity index (χ2v) is 13.6. The van der Waals surface area contributed by atoms with E-state index in [0.717, 1.165) is 40.5 Å². The van der Waals surface area contributed by atoms with Gasteiger partial charge in [-0.1, -0.05) is 115 Å². The fourth-order valence-corrected chi connectivity index (χ4v) is 8.45. The van der Waals surface area contributed by atoms with E-state index in [1.165, 1.54) is 71.9 Å². The van der Waals surface area contributed by atoms with Crippen molar-refractivity contribution in [2.45, 2.75) is 12.8 Å². The Morgan fingerprint density at radius 3 is 1.94 bits per heavy atom.